The van der Waals surface area contributed by atoms with Crippen molar-refractivity contribution in [2.24, 2.45) is 0 Å². The third kappa shape index (κ3) is 5.07. The summed E-state index contributed by atoms with van der Waals surface area (Å²) in [5.41, 5.74) is 3.14. The number of hydrogen-bond acceptors (Lipinski definition) is 4. The monoisotopic (exact) mass is 444 g/mol. The number of fused-ring (bicyclic) bond motifs is 1. The molecular weight excluding hydrogens is 412 g/mol. The molecule has 0 aromatic heterocycles. The van der Waals surface area contributed by atoms with Crippen LogP contribution in [-0.2, 0) is 4.79 Å². The lowest BCUT2D eigenvalue weighted by Gasteiger charge is -2.36. The van der Waals surface area contributed by atoms with Crippen LogP contribution >= 0.6 is 0 Å². The highest BCUT2D eigenvalue weighted by Gasteiger charge is 2.28. The maximum atomic E-state index is 13.2. The van der Waals surface area contributed by atoms with Crippen molar-refractivity contribution in [1.82, 2.24) is 15.1 Å². The van der Waals surface area contributed by atoms with Crippen LogP contribution < -0.4 is 10.6 Å². The Labute approximate surface area is 195 Å². The first-order valence-electron chi connectivity index (χ1n) is 11.4. The third-order valence-corrected chi connectivity index (χ3v) is 6.54. The highest BCUT2D eigenvalue weighted by Crippen LogP contribution is 2.25. The summed E-state index contributed by atoms with van der Waals surface area (Å²) in [5.74, 6) is -0.207. The molecule has 2 atom stereocenters. The van der Waals surface area contributed by atoms with E-state index in [1.54, 1.807) is 6.07 Å². The first kappa shape index (κ1) is 23.0. The average molecular weight is 445 g/mol. The third-order valence-electron chi connectivity index (χ3n) is 6.54. The summed E-state index contributed by atoms with van der Waals surface area (Å²) in [6.07, 6.45) is 0. The van der Waals surface area contributed by atoms with E-state index in [9.17, 15) is 9.59 Å². The van der Waals surface area contributed by atoms with Crippen molar-refractivity contribution in [3.05, 3.63) is 77.4 Å². The Balaban J connectivity index is 1.50. The smallest absolute Gasteiger partial charge is 0.252 e. The Morgan fingerprint density at radius 2 is 1.76 bits per heavy atom. The van der Waals surface area contributed by atoms with Gasteiger partial charge in [0.05, 0.1) is 6.04 Å². The summed E-state index contributed by atoms with van der Waals surface area (Å²) in [7, 11) is 4.00. The molecule has 0 aliphatic carbocycles. The maximum Gasteiger partial charge on any atom is 0.252 e. The van der Waals surface area contributed by atoms with Crippen molar-refractivity contribution < 1.29 is 9.59 Å². The van der Waals surface area contributed by atoms with E-state index in [1.807, 2.05) is 58.3 Å². The molecule has 2 N–H and O–H groups in total. The topological polar surface area (TPSA) is 64.7 Å². The molecule has 0 radical (unpaired) electrons. The van der Waals surface area contributed by atoms with Crippen molar-refractivity contribution in [3.63, 3.8) is 0 Å². The molecule has 0 spiro atoms. The molecule has 3 aromatic rings. The van der Waals surface area contributed by atoms with Gasteiger partial charge in [0.1, 0.15) is 6.04 Å². The van der Waals surface area contributed by atoms with Gasteiger partial charge in [-0.2, -0.15) is 0 Å². The molecule has 172 valence electrons. The lowest BCUT2D eigenvalue weighted by molar-refractivity contribution is -0.122. The number of likely N-dealkylation sites (N-methyl/N-ethyl adjacent to an activating group) is 2. The summed E-state index contributed by atoms with van der Waals surface area (Å²) in [6, 6.07) is 19.4. The van der Waals surface area contributed by atoms with Crippen LogP contribution in [0.4, 0.5) is 5.69 Å². The Bertz CT molecular complexity index is 1170. The zero-order chi connectivity index (χ0) is 23.5. The van der Waals surface area contributed by atoms with Crippen molar-refractivity contribution in [2.45, 2.75) is 25.9 Å². The molecule has 33 heavy (non-hydrogen) atoms. The SMILES string of the molecule is Cc1ccc(NC(=O)C2CN(C)CCN2C)cc1C(=O)N[C@H](C)c1cccc2ccccc12. The number of nitrogens with one attached hydrogen (secondary N) is 2. The molecule has 6 heteroatoms. The van der Waals surface area contributed by atoms with Crippen LogP contribution in [0.5, 0.6) is 0 Å². The van der Waals surface area contributed by atoms with Crippen molar-refractivity contribution in [2.75, 3.05) is 39.0 Å². The van der Waals surface area contributed by atoms with Gasteiger partial charge in [-0.25, -0.2) is 0 Å². The lowest BCUT2D eigenvalue weighted by atomic mass is 9.99. The van der Waals surface area contributed by atoms with Crippen LogP contribution in [0.25, 0.3) is 10.8 Å². The van der Waals surface area contributed by atoms with Gasteiger partial charge < -0.3 is 15.5 Å². The normalized spacial score (nSPS) is 18.1. The molecule has 1 aliphatic rings. The first-order valence-corrected chi connectivity index (χ1v) is 11.4. The van der Waals surface area contributed by atoms with Gasteiger partial charge in [0.15, 0.2) is 0 Å². The molecule has 1 unspecified atom stereocenters. The molecular formula is C27H32N4O2. The average Bonchev–Trinajstić information content (AvgIpc) is 2.81. The van der Waals surface area contributed by atoms with Gasteiger partial charge >= 0.3 is 0 Å². The molecule has 1 fully saturated rings. The van der Waals surface area contributed by atoms with Crippen LogP contribution in [0, 0.1) is 6.92 Å². The molecule has 6 nitrogen and oxygen atoms in total. The van der Waals surface area contributed by atoms with Crippen LogP contribution in [0.1, 0.15) is 34.5 Å². The van der Waals surface area contributed by atoms with Crippen molar-refractivity contribution in [3.8, 4) is 0 Å². The van der Waals surface area contributed by atoms with Gasteiger partial charge in [0, 0.05) is 30.9 Å². The highest BCUT2D eigenvalue weighted by molar-refractivity contribution is 6.00. The predicted molar refractivity (Wildman–Crippen MR) is 134 cm³/mol. The second kappa shape index (κ2) is 9.73. The van der Waals surface area contributed by atoms with Crippen molar-refractivity contribution >= 4 is 28.3 Å². The zero-order valence-corrected chi connectivity index (χ0v) is 19.8. The molecule has 4 rings (SSSR count). The van der Waals surface area contributed by atoms with Crippen molar-refractivity contribution in [1.29, 1.82) is 0 Å². The number of aryl methyl sites for hydroxylation is 1. The van der Waals surface area contributed by atoms with Gasteiger partial charge in [-0.15, -0.1) is 0 Å². The lowest BCUT2D eigenvalue weighted by Crippen LogP contribution is -2.55. The van der Waals surface area contributed by atoms with E-state index in [-0.39, 0.29) is 23.9 Å². The summed E-state index contributed by atoms with van der Waals surface area (Å²) >= 11 is 0. The van der Waals surface area contributed by atoms with E-state index in [0.717, 1.165) is 35.0 Å². The fourth-order valence-corrected chi connectivity index (χ4v) is 4.44. The number of carbonyl (C=O) groups is 2. The number of benzene rings is 3. The quantitative estimate of drug-likeness (QED) is 0.628. The van der Waals surface area contributed by atoms with E-state index in [1.165, 1.54) is 0 Å². The Morgan fingerprint density at radius 3 is 2.58 bits per heavy atom. The predicted octanol–water partition coefficient (Wildman–Crippen LogP) is 3.82. The molecule has 0 bridgehead atoms. The molecule has 2 amide bonds. The van der Waals surface area contributed by atoms with E-state index >= 15 is 0 Å². The zero-order valence-electron chi connectivity index (χ0n) is 19.8. The van der Waals surface area contributed by atoms with Crippen LogP contribution in [0.3, 0.4) is 0 Å². The van der Waals surface area contributed by atoms with Crippen LogP contribution in [0.2, 0.25) is 0 Å². The number of hydrogen-bond donors (Lipinski definition) is 2. The van der Waals surface area contributed by atoms with Crippen LogP contribution in [0.15, 0.2) is 60.7 Å². The van der Waals surface area contributed by atoms with Gasteiger partial charge in [0.2, 0.25) is 5.91 Å². The molecule has 0 saturated carbocycles. The number of nitrogens with zero attached hydrogens (tertiary/aromatic N) is 2. The molecule has 1 aliphatic heterocycles. The van der Waals surface area contributed by atoms with E-state index in [2.05, 4.69) is 44.7 Å². The second-order valence-electron chi connectivity index (χ2n) is 9.04. The number of amides is 2. The minimum Gasteiger partial charge on any atom is -0.345 e. The summed E-state index contributed by atoms with van der Waals surface area (Å²) in [5, 5.41) is 8.42. The number of carbonyl (C=O) groups excluding carboxylic acids is 2. The fourth-order valence-electron chi connectivity index (χ4n) is 4.44. The van der Waals surface area contributed by atoms with Gasteiger partial charge in [-0.1, -0.05) is 48.5 Å². The van der Waals surface area contributed by atoms with Gasteiger partial charge in [-0.05, 0) is 62.0 Å². The van der Waals surface area contributed by atoms with Gasteiger partial charge in [0.25, 0.3) is 5.91 Å². The second-order valence-corrected chi connectivity index (χ2v) is 9.04. The molecule has 1 heterocycles. The number of rotatable bonds is 5. The standard InChI is InChI=1S/C27H32N4O2/c1-18-12-13-21(29-27(33)25-17-30(3)14-15-31(25)4)16-24(18)26(32)28-19(2)22-11-7-9-20-8-5-6-10-23(20)22/h5-13,16,19,25H,14-15,17H2,1-4H3,(H,28,32)(H,29,33)/t19-,25?/m1/s1. The van der Waals surface area contributed by atoms with Crippen LogP contribution in [-0.4, -0.2) is 61.4 Å². The van der Waals surface area contributed by atoms with E-state index in [4.69, 9.17) is 0 Å². The molecule has 3 aromatic carbocycles. The minimum absolute atomic E-state index is 0.0524. The largest absolute Gasteiger partial charge is 0.345 e. The summed E-state index contributed by atoms with van der Waals surface area (Å²) < 4.78 is 0. The van der Waals surface area contributed by atoms with E-state index in [0.29, 0.717) is 17.8 Å². The van der Waals surface area contributed by atoms with E-state index < -0.39 is 0 Å². The Hall–Kier alpha value is -3.22. The Kier molecular flexibility index (Phi) is 6.77. The summed E-state index contributed by atoms with van der Waals surface area (Å²) in [4.78, 5) is 30.3. The summed E-state index contributed by atoms with van der Waals surface area (Å²) in [6.45, 7) is 6.39. The first-order chi connectivity index (χ1) is 15.8. The van der Waals surface area contributed by atoms with Gasteiger partial charge in [-0.3, -0.25) is 14.5 Å². The highest BCUT2D eigenvalue weighted by atomic mass is 16.2. The molecule has 1 saturated heterocycles. The minimum atomic E-state index is -0.214. The number of piperazine rings is 1. The maximum absolute atomic E-state index is 13.2. The fraction of sp³-hybridized carbons (Fsp3) is 0.333. The number of anilines is 1. The Morgan fingerprint density at radius 1 is 1.00 bits per heavy atom.